The number of amides is 3. The molecule has 0 radical (unpaired) electrons. The number of rotatable bonds is 7. The Labute approximate surface area is 141 Å². The third kappa shape index (κ3) is 4.32. The number of nitrogens with zero attached hydrogens (tertiary/aromatic N) is 3. The fourth-order valence-corrected chi connectivity index (χ4v) is 3.89. The van der Waals surface area contributed by atoms with Crippen LogP contribution >= 0.6 is 23.1 Å². The van der Waals surface area contributed by atoms with Gasteiger partial charge in [0.1, 0.15) is 5.82 Å². The van der Waals surface area contributed by atoms with Crippen LogP contribution < -0.4 is 11.1 Å². The minimum atomic E-state index is -0.820. The summed E-state index contributed by atoms with van der Waals surface area (Å²) in [6, 6.07) is 3.78. The van der Waals surface area contributed by atoms with Crippen molar-refractivity contribution in [3.05, 3.63) is 28.2 Å². The summed E-state index contributed by atoms with van der Waals surface area (Å²) in [7, 11) is 0. The van der Waals surface area contributed by atoms with Gasteiger partial charge in [-0.15, -0.1) is 21.5 Å². The molecular weight excluding hydrogens is 334 g/mol. The summed E-state index contributed by atoms with van der Waals surface area (Å²) in [4.78, 5) is 23.3. The summed E-state index contributed by atoms with van der Waals surface area (Å²) in [5.74, 6) is 1.13. The highest BCUT2D eigenvalue weighted by Gasteiger charge is 2.29. The molecule has 23 heavy (non-hydrogen) atoms. The van der Waals surface area contributed by atoms with Gasteiger partial charge in [0.25, 0.3) is 0 Å². The maximum Gasteiger partial charge on any atom is 0.318 e. The average molecular weight is 351 g/mol. The van der Waals surface area contributed by atoms with Gasteiger partial charge in [0, 0.05) is 29.5 Å². The average Bonchev–Trinajstić information content (AvgIpc) is 3.04. The number of primary amides is 1. The molecule has 1 aliphatic carbocycles. The summed E-state index contributed by atoms with van der Waals surface area (Å²) < 4.78 is 2.19. The van der Waals surface area contributed by atoms with E-state index in [0.29, 0.717) is 11.8 Å². The molecule has 2 heterocycles. The Morgan fingerprint density at radius 3 is 2.91 bits per heavy atom. The Hall–Kier alpha value is -1.87. The van der Waals surface area contributed by atoms with Gasteiger partial charge in [-0.2, -0.15) is 0 Å². The lowest BCUT2D eigenvalue weighted by Gasteiger charge is -2.08. The molecule has 0 spiro atoms. The number of nitrogens with one attached hydrogen (secondary N) is 1. The molecule has 122 valence electrons. The molecule has 2 aromatic rings. The van der Waals surface area contributed by atoms with Crippen molar-refractivity contribution in [2.75, 3.05) is 5.75 Å². The second-order valence-corrected chi connectivity index (χ2v) is 7.36. The highest BCUT2D eigenvalue weighted by atomic mass is 32.2. The van der Waals surface area contributed by atoms with Crippen LogP contribution in [0.25, 0.3) is 0 Å². The standard InChI is InChI=1S/C14H17N5O2S2/c15-13(21)16-12(20)5-7-23-14-18-17-11(19(14)9-3-4-9)8-10-2-1-6-22-10/h1-2,6,9H,3-5,7-8H2,(H3,15,16,20,21). The smallest absolute Gasteiger partial charge is 0.318 e. The van der Waals surface area contributed by atoms with E-state index in [2.05, 4.69) is 31.5 Å². The molecule has 1 saturated carbocycles. The van der Waals surface area contributed by atoms with Crippen molar-refractivity contribution < 1.29 is 9.59 Å². The Bertz CT molecular complexity index is 694. The van der Waals surface area contributed by atoms with E-state index >= 15 is 0 Å². The van der Waals surface area contributed by atoms with Crippen molar-refractivity contribution >= 4 is 35.0 Å². The van der Waals surface area contributed by atoms with Crippen molar-refractivity contribution in [3.8, 4) is 0 Å². The van der Waals surface area contributed by atoms with Gasteiger partial charge in [-0.25, -0.2) is 4.79 Å². The lowest BCUT2D eigenvalue weighted by molar-refractivity contribution is -0.119. The first-order valence-electron chi connectivity index (χ1n) is 7.31. The largest absolute Gasteiger partial charge is 0.351 e. The van der Waals surface area contributed by atoms with Gasteiger partial charge in [0.15, 0.2) is 5.16 Å². The normalized spacial score (nSPS) is 13.9. The zero-order valence-corrected chi connectivity index (χ0v) is 14.0. The number of thiophene rings is 1. The quantitative estimate of drug-likeness (QED) is 0.742. The zero-order valence-electron chi connectivity index (χ0n) is 12.4. The van der Waals surface area contributed by atoms with Crippen LogP contribution in [0.4, 0.5) is 4.79 Å². The van der Waals surface area contributed by atoms with E-state index in [0.717, 1.165) is 30.2 Å². The second kappa shape index (κ2) is 7.14. The van der Waals surface area contributed by atoms with E-state index in [4.69, 9.17) is 5.73 Å². The number of aromatic nitrogens is 3. The van der Waals surface area contributed by atoms with Crippen LogP contribution in [-0.4, -0.2) is 32.5 Å². The molecule has 2 aromatic heterocycles. The fraction of sp³-hybridized carbons (Fsp3) is 0.429. The second-order valence-electron chi connectivity index (χ2n) is 5.27. The third-order valence-corrected chi connectivity index (χ3v) is 5.20. The molecule has 3 N–H and O–H groups in total. The summed E-state index contributed by atoms with van der Waals surface area (Å²) >= 11 is 3.19. The summed E-state index contributed by atoms with van der Waals surface area (Å²) in [5.41, 5.74) is 4.91. The predicted octanol–water partition coefficient (Wildman–Crippen LogP) is 1.94. The predicted molar refractivity (Wildman–Crippen MR) is 88.5 cm³/mol. The first kappa shape index (κ1) is 16.0. The Morgan fingerprint density at radius 2 is 2.26 bits per heavy atom. The number of nitrogens with two attached hydrogens (primary N) is 1. The van der Waals surface area contributed by atoms with Crippen LogP contribution in [0, 0.1) is 0 Å². The van der Waals surface area contributed by atoms with Crippen molar-refractivity contribution in [3.63, 3.8) is 0 Å². The molecular formula is C14H17N5O2S2. The number of urea groups is 1. The molecule has 0 aliphatic heterocycles. The molecule has 7 nitrogen and oxygen atoms in total. The number of hydrogen-bond donors (Lipinski definition) is 2. The minimum absolute atomic E-state index is 0.214. The Morgan fingerprint density at radius 1 is 1.43 bits per heavy atom. The lowest BCUT2D eigenvalue weighted by atomic mass is 10.3. The molecule has 0 bridgehead atoms. The Balaban J connectivity index is 1.62. The topological polar surface area (TPSA) is 103 Å². The van der Waals surface area contributed by atoms with Crippen molar-refractivity contribution in [1.29, 1.82) is 0 Å². The highest BCUT2D eigenvalue weighted by Crippen LogP contribution is 2.39. The van der Waals surface area contributed by atoms with E-state index in [1.807, 2.05) is 6.07 Å². The van der Waals surface area contributed by atoms with Gasteiger partial charge in [0.2, 0.25) is 5.91 Å². The van der Waals surface area contributed by atoms with Gasteiger partial charge < -0.3 is 10.3 Å². The van der Waals surface area contributed by atoms with E-state index in [-0.39, 0.29) is 12.3 Å². The van der Waals surface area contributed by atoms with Crippen molar-refractivity contribution in [2.45, 2.75) is 36.9 Å². The molecule has 0 atom stereocenters. The maximum atomic E-state index is 11.4. The highest BCUT2D eigenvalue weighted by molar-refractivity contribution is 7.99. The van der Waals surface area contributed by atoms with E-state index in [1.165, 1.54) is 16.6 Å². The van der Waals surface area contributed by atoms with Crippen LogP contribution in [0.1, 0.15) is 36.0 Å². The van der Waals surface area contributed by atoms with Gasteiger partial charge in [-0.1, -0.05) is 17.8 Å². The van der Waals surface area contributed by atoms with E-state index < -0.39 is 6.03 Å². The Kier molecular flexibility index (Phi) is 4.97. The number of imide groups is 1. The number of thioether (sulfide) groups is 1. The lowest BCUT2D eigenvalue weighted by Crippen LogP contribution is -2.35. The van der Waals surface area contributed by atoms with Gasteiger partial charge in [-0.3, -0.25) is 10.1 Å². The van der Waals surface area contributed by atoms with E-state index in [1.54, 1.807) is 11.3 Å². The molecule has 3 rings (SSSR count). The number of hydrogen-bond acceptors (Lipinski definition) is 6. The monoisotopic (exact) mass is 351 g/mol. The van der Waals surface area contributed by atoms with Gasteiger partial charge in [0.05, 0.1) is 0 Å². The summed E-state index contributed by atoms with van der Waals surface area (Å²) in [5, 5.41) is 13.5. The fourth-order valence-electron chi connectivity index (χ4n) is 2.23. The van der Waals surface area contributed by atoms with Crippen LogP contribution in [0.15, 0.2) is 22.7 Å². The van der Waals surface area contributed by atoms with Crippen LogP contribution in [0.3, 0.4) is 0 Å². The van der Waals surface area contributed by atoms with Crippen molar-refractivity contribution in [1.82, 2.24) is 20.1 Å². The number of carbonyl (C=O) groups is 2. The SMILES string of the molecule is NC(=O)NC(=O)CCSc1nnc(Cc2cccs2)n1C1CC1. The van der Waals surface area contributed by atoms with Crippen LogP contribution in [-0.2, 0) is 11.2 Å². The number of carbonyl (C=O) groups excluding carboxylic acids is 2. The summed E-state index contributed by atoms with van der Waals surface area (Å²) in [6.07, 6.45) is 3.28. The molecule has 1 aliphatic rings. The van der Waals surface area contributed by atoms with Gasteiger partial charge in [-0.05, 0) is 24.3 Å². The van der Waals surface area contributed by atoms with Crippen LogP contribution in [0.2, 0.25) is 0 Å². The minimum Gasteiger partial charge on any atom is -0.351 e. The molecule has 3 amide bonds. The first-order valence-corrected chi connectivity index (χ1v) is 9.18. The third-order valence-electron chi connectivity index (χ3n) is 3.38. The van der Waals surface area contributed by atoms with E-state index in [9.17, 15) is 9.59 Å². The molecule has 0 saturated heterocycles. The summed E-state index contributed by atoms with van der Waals surface area (Å²) in [6.45, 7) is 0. The van der Waals surface area contributed by atoms with Crippen molar-refractivity contribution in [2.24, 2.45) is 5.73 Å². The van der Waals surface area contributed by atoms with Gasteiger partial charge >= 0.3 is 6.03 Å². The maximum absolute atomic E-state index is 11.4. The molecule has 1 fully saturated rings. The molecule has 0 aromatic carbocycles. The molecule has 9 heteroatoms. The molecule has 0 unspecified atom stereocenters. The first-order chi connectivity index (χ1) is 11.1. The van der Waals surface area contributed by atoms with Crippen LogP contribution in [0.5, 0.6) is 0 Å². The zero-order chi connectivity index (χ0) is 16.2.